The molecule has 144 valence electrons. The van der Waals surface area contributed by atoms with Crippen LogP contribution in [0.15, 0.2) is 47.4 Å². The van der Waals surface area contributed by atoms with Crippen molar-refractivity contribution in [3.8, 4) is 11.5 Å². The lowest BCUT2D eigenvalue weighted by Gasteiger charge is -2.32. The Kier molecular flexibility index (Phi) is 6.80. The Hall–Kier alpha value is -1.98. The number of ketones is 1. The zero-order valence-corrected chi connectivity index (χ0v) is 17.1. The second-order valence-corrected chi connectivity index (χ2v) is 7.74. The maximum Gasteiger partial charge on any atom is 0.167 e. The third kappa shape index (κ3) is 4.85. The van der Waals surface area contributed by atoms with E-state index in [4.69, 9.17) is 9.47 Å². The predicted molar refractivity (Wildman–Crippen MR) is 110 cm³/mol. The number of thioether (sulfide) groups is 1. The molecule has 0 spiro atoms. The molecule has 0 bridgehead atoms. The van der Waals surface area contributed by atoms with Gasteiger partial charge in [-0.2, -0.15) is 0 Å². The number of rotatable bonds is 7. The topological polar surface area (TPSA) is 38.8 Å². The van der Waals surface area contributed by atoms with Crippen molar-refractivity contribution in [2.75, 3.05) is 33.6 Å². The van der Waals surface area contributed by atoms with Crippen LogP contribution in [0, 0.1) is 5.92 Å². The monoisotopic (exact) mass is 385 g/mol. The van der Waals surface area contributed by atoms with Gasteiger partial charge in [-0.1, -0.05) is 12.1 Å². The predicted octanol–water partition coefficient (Wildman–Crippen LogP) is 4.52. The Morgan fingerprint density at radius 3 is 2.52 bits per heavy atom. The number of methoxy groups -OCH3 is 2. The molecular formula is C22H27NO3S. The summed E-state index contributed by atoms with van der Waals surface area (Å²) in [4.78, 5) is 16.7. The van der Waals surface area contributed by atoms with E-state index in [-0.39, 0.29) is 11.7 Å². The first-order valence-corrected chi connectivity index (χ1v) is 10.5. The van der Waals surface area contributed by atoms with E-state index in [1.807, 2.05) is 6.07 Å². The average molecular weight is 386 g/mol. The molecule has 0 N–H and O–H groups in total. The molecule has 1 aliphatic rings. The van der Waals surface area contributed by atoms with Crippen LogP contribution in [0.2, 0.25) is 0 Å². The molecule has 1 atom stereocenters. The zero-order chi connectivity index (χ0) is 19.2. The summed E-state index contributed by atoms with van der Waals surface area (Å²) in [5.41, 5.74) is 2.00. The maximum absolute atomic E-state index is 13.0. The molecule has 0 aromatic heterocycles. The lowest BCUT2D eigenvalue weighted by atomic mass is 9.89. The SMILES string of the molecule is COc1ccc(C(=O)C2CCCN(Cc3ccc(SC)cc3)C2)cc1OC. The summed E-state index contributed by atoms with van der Waals surface area (Å²) < 4.78 is 10.6. The van der Waals surface area contributed by atoms with Crippen LogP contribution in [0.5, 0.6) is 11.5 Å². The fraction of sp³-hybridized carbons (Fsp3) is 0.409. The second-order valence-electron chi connectivity index (χ2n) is 6.86. The fourth-order valence-electron chi connectivity index (χ4n) is 3.63. The van der Waals surface area contributed by atoms with Crippen molar-refractivity contribution in [2.45, 2.75) is 24.3 Å². The van der Waals surface area contributed by atoms with Gasteiger partial charge in [0.15, 0.2) is 17.3 Å². The van der Waals surface area contributed by atoms with Crippen LogP contribution >= 0.6 is 11.8 Å². The van der Waals surface area contributed by atoms with Gasteiger partial charge < -0.3 is 9.47 Å². The summed E-state index contributed by atoms with van der Waals surface area (Å²) in [5.74, 6) is 1.47. The first kappa shape index (κ1) is 19.8. The number of nitrogens with zero attached hydrogens (tertiary/aromatic N) is 1. The number of ether oxygens (including phenoxy) is 2. The fourth-order valence-corrected chi connectivity index (χ4v) is 4.04. The Balaban J connectivity index is 1.67. The number of carbonyl (C=O) groups excluding carboxylic acids is 1. The number of benzene rings is 2. The molecule has 1 saturated heterocycles. The minimum atomic E-state index is 0.0299. The standard InChI is InChI=1S/C22H27NO3S/c1-25-20-11-8-17(13-21(20)26-2)22(24)18-5-4-12-23(15-18)14-16-6-9-19(27-3)10-7-16/h6-11,13,18H,4-5,12,14-15H2,1-3H3. The first-order valence-electron chi connectivity index (χ1n) is 9.26. The smallest absolute Gasteiger partial charge is 0.167 e. The summed E-state index contributed by atoms with van der Waals surface area (Å²) in [6.07, 6.45) is 4.08. The van der Waals surface area contributed by atoms with Crippen molar-refractivity contribution in [1.29, 1.82) is 0 Å². The quantitative estimate of drug-likeness (QED) is 0.517. The number of hydrogen-bond donors (Lipinski definition) is 0. The van der Waals surface area contributed by atoms with Gasteiger partial charge in [0.25, 0.3) is 0 Å². The highest BCUT2D eigenvalue weighted by Crippen LogP contribution is 2.30. The first-order chi connectivity index (χ1) is 13.1. The summed E-state index contributed by atoms with van der Waals surface area (Å²) in [5, 5.41) is 0. The molecule has 1 heterocycles. The zero-order valence-electron chi connectivity index (χ0n) is 16.2. The van der Waals surface area contributed by atoms with E-state index >= 15 is 0 Å². The molecule has 3 rings (SSSR count). The summed E-state index contributed by atoms with van der Waals surface area (Å²) >= 11 is 1.75. The third-order valence-corrected chi connectivity index (χ3v) is 5.85. The van der Waals surface area contributed by atoms with E-state index in [0.717, 1.165) is 32.5 Å². The molecule has 0 radical (unpaired) electrons. The number of piperidine rings is 1. The van der Waals surface area contributed by atoms with Gasteiger partial charge in [0.1, 0.15) is 0 Å². The van der Waals surface area contributed by atoms with Crippen molar-refractivity contribution in [2.24, 2.45) is 5.92 Å². The summed E-state index contributed by atoms with van der Waals surface area (Å²) in [7, 11) is 3.20. The lowest BCUT2D eigenvalue weighted by molar-refractivity contribution is 0.0811. The molecule has 2 aromatic rings. The van der Waals surface area contributed by atoms with E-state index in [1.54, 1.807) is 38.1 Å². The Labute approximate surface area is 165 Å². The van der Waals surface area contributed by atoms with Crippen molar-refractivity contribution in [1.82, 2.24) is 4.90 Å². The van der Waals surface area contributed by atoms with Crippen LogP contribution in [0.1, 0.15) is 28.8 Å². The second kappa shape index (κ2) is 9.29. The van der Waals surface area contributed by atoms with Gasteiger partial charge in [-0.3, -0.25) is 9.69 Å². The normalized spacial score (nSPS) is 17.5. The van der Waals surface area contributed by atoms with Crippen molar-refractivity contribution in [3.63, 3.8) is 0 Å². The van der Waals surface area contributed by atoms with Crippen LogP contribution < -0.4 is 9.47 Å². The van der Waals surface area contributed by atoms with E-state index in [9.17, 15) is 4.79 Å². The van der Waals surface area contributed by atoms with Crippen LogP contribution in [0.3, 0.4) is 0 Å². The van der Waals surface area contributed by atoms with Gasteiger partial charge in [0.05, 0.1) is 14.2 Å². The van der Waals surface area contributed by atoms with Gasteiger partial charge in [-0.15, -0.1) is 11.8 Å². The number of carbonyl (C=O) groups is 1. The minimum absolute atomic E-state index is 0.0299. The number of Topliss-reactive ketones (excluding diaryl/α,β-unsaturated/α-hetero) is 1. The van der Waals surface area contributed by atoms with E-state index in [0.29, 0.717) is 17.1 Å². The largest absolute Gasteiger partial charge is 0.493 e. The highest BCUT2D eigenvalue weighted by Gasteiger charge is 2.27. The molecule has 0 aliphatic carbocycles. The Morgan fingerprint density at radius 2 is 1.85 bits per heavy atom. The van der Waals surface area contributed by atoms with Gasteiger partial charge in [0.2, 0.25) is 0 Å². The molecule has 0 amide bonds. The van der Waals surface area contributed by atoms with Crippen LogP contribution in [0.25, 0.3) is 0 Å². The van der Waals surface area contributed by atoms with Crippen molar-refractivity contribution in [3.05, 3.63) is 53.6 Å². The molecule has 5 heteroatoms. The molecule has 1 fully saturated rings. The summed E-state index contributed by atoms with van der Waals surface area (Å²) in [6, 6.07) is 14.1. The summed E-state index contributed by atoms with van der Waals surface area (Å²) in [6.45, 7) is 2.74. The van der Waals surface area contributed by atoms with Crippen molar-refractivity contribution >= 4 is 17.5 Å². The molecule has 4 nitrogen and oxygen atoms in total. The van der Waals surface area contributed by atoms with E-state index < -0.39 is 0 Å². The highest BCUT2D eigenvalue weighted by atomic mass is 32.2. The van der Waals surface area contributed by atoms with Crippen molar-refractivity contribution < 1.29 is 14.3 Å². The van der Waals surface area contributed by atoms with Gasteiger partial charge in [0, 0.05) is 29.5 Å². The molecule has 1 unspecified atom stereocenters. The van der Waals surface area contributed by atoms with Gasteiger partial charge in [-0.05, 0) is 61.5 Å². The Morgan fingerprint density at radius 1 is 1.11 bits per heavy atom. The number of likely N-dealkylation sites (tertiary alicyclic amines) is 1. The third-order valence-electron chi connectivity index (χ3n) is 5.11. The Bertz CT molecular complexity index is 776. The van der Waals surface area contributed by atoms with E-state index in [2.05, 4.69) is 35.4 Å². The van der Waals surface area contributed by atoms with Crippen LogP contribution in [0.4, 0.5) is 0 Å². The average Bonchev–Trinajstić information content (AvgIpc) is 2.73. The lowest BCUT2D eigenvalue weighted by Crippen LogP contribution is -2.38. The number of hydrogen-bond acceptors (Lipinski definition) is 5. The van der Waals surface area contributed by atoms with Crippen LogP contribution in [-0.2, 0) is 6.54 Å². The van der Waals surface area contributed by atoms with Gasteiger partial charge in [-0.25, -0.2) is 0 Å². The molecule has 2 aromatic carbocycles. The molecular weight excluding hydrogens is 358 g/mol. The molecule has 1 aliphatic heterocycles. The minimum Gasteiger partial charge on any atom is -0.493 e. The molecule has 0 saturated carbocycles. The van der Waals surface area contributed by atoms with Crippen LogP contribution in [-0.4, -0.2) is 44.2 Å². The van der Waals surface area contributed by atoms with E-state index in [1.165, 1.54) is 10.5 Å². The maximum atomic E-state index is 13.0. The highest BCUT2D eigenvalue weighted by molar-refractivity contribution is 7.98. The van der Waals surface area contributed by atoms with Gasteiger partial charge >= 0.3 is 0 Å². The molecule has 27 heavy (non-hydrogen) atoms.